The molecule has 8 heteroatoms. The number of aromatic nitrogens is 5. The summed E-state index contributed by atoms with van der Waals surface area (Å²) in [5.41, 5.74) is 3.85. The first-order valence-electron chi connectivity index (χ1n) is 9.26. The van der Waals surface area contributed by atoms with E-state index in [1.807, 2.05) is 38.1 Å². The topological polar surface area (TPSA) is 74.4 Å². The maximum Gasteiger partial charge on any atom is 0.192 e. The lowest BCUT2D eigenvalue weighted by Gasteiger charge is -2.14. The van der Waals surface area contributed by atoms with Crippen LogP contribution in [0.15, 0.2) is 36.7 Å². The smallest absolute Gasteiger partial charge is 0.192 e. The number of hydrogen-bond acceptors (Lipinski definition) is 7. The van der Waals surface area contributed by atoms with E-state index in [-0.39, 0.29) is 6.10 Å². The van der Waals surface area contributed by atoms with E-state index in [4.69, 9.17) is 14.5 Å². The van der Waals surface area contributed by atoms with Crippen molar-refractivity contribution in [2.45, 2.75) is 26.9 Å². The number of benzene rings is 1. The van der Waals surface area contributed by atoms with Crippen molar-refractivity contribution in [1.82, 2.24) is 24.6 Å². The predicted molar refractivity (Wildman–Crippen MR) is 113 cm³/mol. The first kappa shape index (κ1) is 17.8. The van der Waals surface area contributed by atoms with Gasteiger partial charge in [0.25, 0.3) is 0 Å². The van der Waals surface area contributed by atoms with Gasteiger partial charge in [-0.3, -0.25) is 0 Å². The highest BCUT2D eigenvalue weighted by molar-refractivity contribution is 7.26. The number of nitrogens with zero attached hydrogens (tertiary/aromatic N) is 5. The minimum Gasteiger partial charge on any atom is -0.493 e. The predicted octanol–water partition coefficient (Wildman–Crippen LogP) is 4.65. The fourth-order valence-corrected chi connectivity index (χ4v) is 4.74. The normalized spacial score (nSPS) is 12.7. The minimum absolute atomic E-state index is 0.349. The SMILES string of the molecule is COc1ccccc1O[C@@H](C)c1nc2c3sc4nc(C)cc(C)c4c3ncn2n1. The molecule has 7 nitrogen and oxygen atoms in total. The molecule has 0 fully saturated rings. The monoisotopic (exact) mass is 405 g/mol. The number of fused-ring (bicyclic) bond motifs is 5. The lowest BCUT2D eigenvalue weighted by Crippen LogP contribution is -2.06. The highest BCUT2D eigenvalue weighted by atomic mass is 32.1. The molecular weight excluding hydrogens is 386 g/mol. The summed E-state index contributed by atoms with van der Waals surface area (Å²) in [4.78, 5) is 15.1. The van der Waals surface area contributed by atoms with Gasteiger partial charge in [-0.2, -0.15) is 0 Å². The van der Waals surface area contributed by atoms with Crippen molar-refractivity contribution in [2.75, 3.05) is 7.11 Å². The summed E-state index contributed by atoms with van der Waals surface area (Å²) in [7, 11) is 1.62. The molecule has 29 heavy (non-hydrogen) atoms. The van der Waals surface area contributed by atoms with Gasteiger partial charge in [0.2, 0.25) is 0 Å². The van der Waals surface area contributed by atoms with Gasteiger partial charge in [0.05, 0.1) is 12.6 Å². The Hall–Kier alpha value is -3.26. The third-order valence-corrected chi connectivity index (χ3v) is 5.91. The summed E-state index contributed by atoms with van der Waals surface area (Å²) >= 11 is 1.60. The van der Waals surface area contributed by atoms with E-state index in [0.717, 1.165) is 31.8 Å². The molecule has 0 amide bonds. The maximum atomic E-state index is 6.07. The van der Waals surface area contributed by atoms with Crippen molar-refractivity contribution in [2.24, 2.45) is 0 Å². The van der Waals surface area contributed by atoms with Crippen LogP contribution in [0.5, 0.6) is 11.5 Å². The molecule has 4 aromatic heterocycles. The molecule has 5 aromatic rings. The second-order valence-electron chi connectivity index (χ2n) is 6.93. The number of aryl methyl sites for hydroxylation is 2. The van der Waals surface area contributed by atoms with E-state index in [1.54, 1.807) is 29.3 Å². The molecule has 0 saturated heterocycles. The first-order valence-corrected chi connectivity index (χ1v) is 10.1. The van der Waals surface area contributed by atoms with Gasteiger partial charge in [-0.15, -0.1) is 16.4 Å². The zero-order valence-electron chi connectivity index (χ0n) is 16.5. The van der Waals surface area contributed by atoms with Crippen LogP contribution in [0.3, 0.4) is 0 Å². The fourth-order valence-electron chi connectivity index (χ4n) is 3.52. The summed E-state index contributed by atoms with van der Waals surface area (Å²) in [6.07, 6.45) is 1.35. The van der Waals surface area contributed by atoms with E-state index in [1.165, 1.54) is 5.56 Å². The van der Waals surface area contributed by atoms with Crippen molar-refractivity contribution >= 4 is 37.4 Å². The zero-order valence-corrected chi connectivity index (χ0v) is 17.3. The highest BCUT2D eigenvalue weighted by Crippen LogP contribution is 2.36. The van der Waals surface area contributed by atoms with Gasteiger partial charge >= 0.3 is 0 Å². The number of para-hydroxylation sites is 2. The van der Waals surface area contributed by atoms with Gasteiger partial charge in [0.1, 0.15) is 15.9 Å². The van der Waals surface area contributed by atoms with E-state index in [2.05, 4.69) is 28.1 Å². The van der Waals surface area contributed by atoms with E-state index in [0.29, 0.717) is 17.3 Å². The van der Waals surface area contributed by atoms with Crippen LogP contribution in [0.25, 0.3) is 26.1 Å². The third kappa shape index (κ3) is 2.87. The zero-order chi connectivity index (χ0) is 20.1. The molecule has 0 unspecified atom stereocenters. The Morgan fingerprint density at radius 1 is 1.10 bits per heavy atom. The Morgan fingerprint density at radius 3 is 2.69 bits per heavy atom. The van der Waals surface area contributed by atoms with E-state index >= 15 is 0 Å². The molecule has 1 aromatic carbocycles. The Morgan fingerprint density at radius 2 is 1.90 bits per heavy atom. The molecule has 0 aliphatic rings. The molecule has 0 spiro atoms. The first-order chi connectivity index (χ1) is 14.0. The third-order valence-electron chi connectivity index (χ3n) is 4.85. The van der Waals surface area contributed by atoms with Crippen LogP contribution >= 0.6 is 11.3 Å². The van der Waals surface area contributed by atoms with Crippen molar-refractivity contribution in [1.29, 1.82) is 0 Å². The Labute approximate surface area is 171 Å². The van der Waals surface area contributed by atoms with Gasteiger partial charge < -0.3 is 9.47 Å². The van der Waals surface area contributed by atoms with Crippen LogP contribution in [0.1, 0.15) is 30.1 Å². The van der Waals surface area contributed by atoms with Gasteiger partial charge in [0, 0.05) is 11.1 Å². The Balaban J connectivity index is 1.61. The number of thiophene rings is 1. The minimum atomic E-state index is -0.349. The number of pyridine rings is 1. The molecule has 4 heterocycles. The number of ether oxygens (including phenoxy) is 2. The number of methoxy groups -OCH3 is 1. The average Bonchev–Trinajstić information content (AvgIpc) is 3.29. The second-order valence-corrected chi connectivity index (χ2v) is 7.93. The van der Waals surface area contributed by atoms with E-state index < -0.39 is 0 Å². The lowest BCUT2D eigenvalue weighted by atomic mass is 10.1. The van der Waals surface area contributed by atoms with Crippen LogP contribution in [-0.2, 0) is 0 Å². The van der Waals surface area contributed by atoms with Crippen molar-refractivity contribution in [3.05, 3.63) is 53.7 Å². The molecule has 0 radical (unpaired) electrons. The number of hydrogen-bond donors (Lipinski definition) is 0. The average molecular weight is 405 g/mol. The lowest BCUT2D eigenvalue weighted by molar-refractivity contribution is 0.206. The molecule has 5 rings (SSSR count). The molecule has 0 saturated carbocycles. The quantitative estimate of drug-likeness (QED) is 0.433. The van der Waals surface area contributed by atoms with Gasteiger partial charge in [-0.25, -0.2) is 19.5 Å². The fraction of sp³-hybridized carbons (Fsp3) is 0.238. The second kappa shape index (κ2) is 6.66. The Kier molecular flexibility index (Phi) is 4.09. The van der Waals surface area contributed by atoms with Crippen molar-refractivity contribution in [3.8, 4) is 11.5 Å². The largest absolute Gasteiger partial charge is 0.493 e. The molecule has 0 aliphatic heterocycles. The van der Waals surface area contributed by atoms with Gasteiger partial charge in [-0.05, 0) is 44.5 Å². The van der Waals surface area contributed by atoms with Gasteiger partial charge in [0.15, 0.2) is 29.1 Å². The molecule has 1 atom stereocenters. The van der Waals surface area contributed by atoms with Crippen LogP contribution in [0, 0.1) is 13.8 Å². The highest BCUT2D eigenvalue weighted by Gasteiger charge is 2.20. The van der Waals surface area contributed by atoms with Crippen LogP contribution in [-0.4, -0.2) is 31.7 Å². The van der Waals surface area contributed by atoms with Gasteiger partial charge in [-0.1, -0.05) is 12.1 Å². The summed E-state index contributed by atoms with van der Waals surface area (Å²) in [6, 6.07) is 9.62. The van der Waals surface area contributed by atoms with Crippen molar-refractivity contribution < 1.29 is 9.47 Å². The molecule has 0 N–H and O–H groups in total. The van der Waals surface area contributed by atoms with Crippen LogP contribution < -0.4 is 9.47 Å². The molecule has 0 bridgehead atoms. The summed E-state index contributed by atoms with van der Waals surface area (Å²) in [5, 5.41) is 5.67. The standard InChI is InChI=1S/C21H19N5O2S/c1-11-9-12(2)23-21-16(11)17-18(29-21)20-24-19(25-26(20)10-22-17)13(3)28-15-8-6-5-7-14(15)27-4/h5-10,13H,1-4H3/t13-/m0/s1. The van der Waals surface area contributed by atoms with Crippen molar-refractivity contribution in [3.63, 3.8) is 0 Å². The summed E-state index contributed by atoms with van der Waals surface area (Å²) < 4.78 is 14.1. The van der Waals surface area contributed by atoms with E-state index in [9.17, 15) is 0 Å². The molecular formula is C21H19N5O2S. The summed E-state index contributed by atoms with van der Waals surface area (Å²) in [5.74, 6) is 1.92. The van der Waals surface area contributed by atoms with Crippen LogP contribution in [0.4, 0.5) is 0 Å². The molecule has 0 aliphatic carbocycles. The van der Waals surface area contributed by atoms with Crippen LogP contribution in [0.2, 0.25) is 0 Å². The summed E-state index contributed by atoms with van der Waals surface area (Å²) in [6.45, 7) is 6.02. The molecule has 146 valence electrons. The maximum absolute atomic E-state index is 6.07. The number of rotatable bonds is 4. The Bertz CT molecular complexity index is 1370.